The van der Waals surface area contributed by atoms with Crippen LogP contribution < -0.4 is 10.6 Å². The quantitative estimate of drug-likeness (QED) is 0.821. The maximum atomic E-state index is 11.5. The van der Waals surface area contributed by atoms with E-state index in [2.05, 4.69) is 0 Å². The molecule has 1 aliphatic heterocycles. The molecule has 1 aromatic rings. The number of hydrogen-bond acceptors (Lipinski definition) is 3. The highest BCUT2D eigenvalue weighted by Crippen LogP contribution is 2.30. The minimum Gasteiger partial charge on any atom is -0.375 e. The smallest absolute Gasteiger partial charge is 0.231 e. The van der Waals surface area contributed by atoms with Crippen molar-refractivity contribution in [3.63, 3.8) is 0 Å². The van der Waals surface area contributed by atoms with Gasteiger partial charge in [0.05, 0.1) is 12.5 Å². The Kier molecular flexibility index (Phi) is 2.94. The number of amides is 1. The van der Waals surface area contributed by atoms with Crippen LogP contribution in [0.15, 0.2) is 18.2 Å². The van der Waals surface area contributed by atoms with Gasteiger partial charge in [0.1, 0.15) is 0 Å². The zero-order valence-electron chi connectivity index (χ0n) is 9.56. The lowest BCUT2D eigenvalue weighted by Gasteiger charge is -2.15. The summed E-state index contributed by atoms with van der Waals surface area (Å²) in [5.74, 6) is 0.133. The van der Waals surface area contributed by atoms with E-state index < -0.39 is 0 Å². The van der Waals surface area contributed by atoms with Crippen molar-refractivity contribution in [1.29, 1.82) is 0 Å². The second kappa shape index (κ2) is 4.23. The first-order chi connectivity index (χ1) is 7.67. The first-order valence-electron chi connectivity index (χ1n) is 5.29. The largest absolute Gasteiger partial charge is 0.375 e. The fourth-order valence-electron chi connectivity index (χ4n) is 2.06. The number of nitrogens with zero attached hydrogens (tertiary/aromatic N) is 1. The molecule has 1 aliphatic rings. The van der Waals surface area contributed by atoms with Gasteiger partial charge < -0.3 is 15.4 Å². The van der Waals surface area contributed by atoms with Gasteiger partial charge in [-0.3, -0.25) is 4.79 Å². The van der Waals surface area contributed by atoms with Crippen LogP contribution in [-0.2, 0) is 16.0 Å². The standard InChI is InChI=1S/C12H16N2O2/c1-14-10-4-3-8(11(7-13)16-2)5-9(10)6-12(14)15/h3-5,11H,6-7,13H2,1-2H3. The van der Waals surface area contributed by atoms with E-state index in [1.165, 1.54) is 0 Å². The average molecular weight is 220 g/mol. The van der Waals surface area contributed by atoms with Crippen LogP contribution in [0.4, 0.5) is 5.69 Å². The monoisotopic (exact) mass is 220 g/mol. The molecule has 0 spiro atoms. The second-order valence-corrected chi connectivity index (χ2v) is 3.98. The minimum atomic E-state index is -0.0914. The topological polar surface area (TPSA) is 55.6 Å². The molecule has 0 bridgehead atoms. The van der Waals surface area contributed by atoms with Crippen molar-refractivity contribution in [1.82, 2.24) is 0 Å². The average Bonchev–Trinajstić information content (AvgIpc) is 2.56. The van der Waals surface area contributed by atoms with Crippen LogP contribution >= 0.6 is 0 Å². The Morgan fingerprint density at radius 3 is 2.94 bits per heavy atom. The highest BCUT2D eigenvalue weighted by molar-refractivity contribution is 6.00. The SMILES string of the molecule is COC(CN)c1ccc2c(c1)CC(=O)N2C. The molecule has 0 radical (unpaired) electrons. The maximum absolute atomic E-state index is 11.5. The molecule has 16 heavy (non-hydrogen) atoms. The Bertz CT molecular complexity index is 413. The van der Waals surface area contributed by atoms with E-state index >= 15 is 0 Å². The maximum Gasteiger partial charge on any atom is 0.231 e. The van der Waals surface area contributed by atoms with E-state index in [-0.39, 0.29) is 12.0 Å². The van der Waals surface area contributed by atoms with Crippen LogP contribution in [0.2, 0.25) is 0 Å². The predicted molar refractivity (Wildman–Crippen MR) is 62.4 cm³/mol. The van der Waals surface area contributed by atoms with E-state index in [1.807, 2.05) is 18.2 Å². The number of hydrogen-bond donors (Lipinski definition) is 1. The van der Waals surface area contributed by atoms with Crippen molar-refractivity contribution in [2.24, 2.45) is 5.73 Å². The Morgan fingerprint density at radius 1 is 1.56 bits per heavy atom. The molecule has 86 valence electrons. The molecule has 4 nitrogen and oxygen atoms in total. The van der Waals surface area contributed by atoms with Gasteiger partial charge in [-0.05, 0) is 17.2 Å². The van der Waals surface area contributed by atoms with Gasteiger partial charge in [0, 0.05) is 26.4 Å². The number of ether oxygens (including phenoxy) is 1. The highest BCUT2D eigenvalue weighted by Gasteiger charge is 2.24. The zero-order valence-corrected chi connectivity index (χ0v) is 9.56. The van der Waals surface area contributed by atoms with E-state index in [4.69, 9.17) is 10.5 Å². The van der Waals surface area contributed by atoms with Crippen LogP contribution in [0, 0.1) is 0 Å². The first-order valence-corrected chi connectivity index (χ1v) is 5.29. The molecule has 1 atom stereocenters. The molecule has 2 rings (SSSR count). The molecule has 2 N–H and O–H groups in total. The third-order valence-corrected chi connectivity index (χ3v) is 3.05. The number of benzene rings is 1. The molecule has 1 heterocycles. The lowest BCUT2D eigenvalue weighted by Crippen LogP contribution is -2.20. The second-order valence-electron chi connectivity index (χ2n) is 3.98. The summed E-state index contributed by atoms with van der Waals surface area (Å²) in [6, 6.07) is 5.93. The summed E-state index contributed by atoms with van der Waals surface area (Å²) in [4.78, 5) is 13.2. The Balaban J connectivity index is 2.35. The number of likely N-dealkylation sites (N-methyl/N-ethyl adjacent to an activating group) is 1. The number of methoxy groups -OCH3 is 1. The Hall–Kier alpha value is -1.39. The van der Waals surface area contributed by atoms with Crippen molar-refractivity contribution in [2.45, 2.75) is 12.5 Å². The number of fused-ring (bicyclic) bond motifs is 1. The Labute approximate surface area is 95.0 Å². The fraction of sp³-hybridized carbons (Fsp3) is 0.417. The number of carbonyl (C=O) groups is 1. The molecule has 0 saturated carbocycles. The summed E-state index contributed by atoms with van der Waals surface area (Å²) in [6.45, 7) is 0.444. The summed E-state index contributed by atoms with van der Waals surface area (Å²) in [6.07, 6.45) is 0.382. The summed E-state index contributed by atoms with van der Waals surface area (Å²) in [5.41, 5.74) is 8.69. The molecule has 0 aliphatic carbocycles. The normalized spacial score (nSPS) is 16.4. The van der Waals surface area contributed by atoms with Crippen molar-refractivity contribution in [3.8, 4) is 0 Å². The number of nitrogens with two attached hydrogens (primary N) is 1. The molecule has 0 fully saturated rings. The summed E-state index contributed by atoms with van der Waals surface area (Å²) in [7, 11) is 3.44. The lowest BCUT2D eigenvalue weighted by molar-refractivity contribution is -0.117. The molecular weight excluding hydrogens is 204 g/mol. The highest BCUT2D eigenvalue weighted by atomic mass is 16.5. The molecule has 4 heteroatoms. The fourth-order valence-corrected chi connectivity index (χ4v) is 2.06. The van der Waals surface area contributed by atoms with Crippen LogP contribution in [0.3, 0.4) is 0 Å². The van der Waals surface area contributed by atoms with Gasteiger partial charge in [-0.1, -0.05) is 12.1 Å². The van der Waals surface area contributed by atoms with Crippen LogP contribution in [0.25, 0.3) is 0 Å². The van der Waals surface area contributed by atoms with Gasteiger partial charge in [0.25, 0.3) is 0 Å². The Morgan fingerprint density at radius 2 is 2.31 bits per heavy atom. The van der Waals surface area contributed by atoms with Gasteiger partial charge in [-0.15, -0.1) is 0 Å². The molecule has 1 unspecified atom stereocenters. The molecular formula is C12H16N2O2. The number of rotatable bonds is 3. The first kappa shape index (κ1) is 11.1. The minimum absolute atomic E-state index is 0.0914. The van der Waals surface area contributed by atoms with E-state index in [0.29, 0.717) is 13.0 Å². The van der Waals surface area contributed by atoms with Crippen molar-refractivity contribution >= 4 is 11.6 Å². The van der Waals surface area contributed by atoms with Crippen LogP contribution in [-0.4, -0.2) is 26.6 Å². The van der Waals surface area contributed by atoms with Gasteiger partial charge in [-0.2, -0.15) is 0 Å². The summed E-state index contributed by atoms with van der Waals surface area (Å²) in [5, 5.41) is 0. The van der Waals surface area contributed by atoms with Crippen molar-refractivity contribution in [3.05, 3.63) is 29.3 Å². The van der Waals surface area contributed by atoms with Crippen molar-refractivity contribution < 1.29 is 9.53 Å². The van der Waals surface area contributed by atoms with Crippen LogP contribution in [0.1, 0.15) is 17.2 Å². The van der Waals surface area contributed by atoms with Gasteiger partial charge in [-0.25, -0.2) is 0 Å². The van der Waals surface area contributed by atoms with E-state index in [9.17, 15) is 4.79 Å². The van der Waals surface area contributed by atoms with E-state index in [1.54, 1.807) is 19.1 Å². The molecule has 1 aromatic carbocycles. The molecule has 1 amide bonds. The summed E-state index contributed by atoms with van der Waals surface area (Å²) < 4.78 is 5.28. The van der Waals surface area contributed by atoms with Crippen LogP contribution in [0.5, 0.6) is 0 Å². The summed E-state index contributed by atoms with van der Waals surface area (Å²) >= 11 is 0. The zero-order chi connectivity index (χ0) is 11.7. The predicted octanol–water partition coefficient (Wildman–Crippen LogP) is 0.852. The lowest BCUT2D eigenvalue weighted by atomic mass is 10.0. The van der Waals surface area contributed by atoms with E-state index in [0.717, 1.165) is 16.8 Å². The van der Waals surface area contributed by atoms with Crippen molar-refractivity contribution in [2.75, 3.05) is 25.6 Å². The van der Waals surface area contributed by atoms with Gasteiger partial charge in [0.2, 0.25) is 5.91 Å². The number of anilines is 1. The third-order valence-electron chi connectivity index (χ3n) is 3.05. The molecule has 0 aromatic heterocycles. The van der Waals surface area contributed by atoms with Gasteiger partial charge in [0.15, 0.2) is 0 Å². The third kappa shape index (κ3) is 1.70. The molecule has 0 saturated heterocycles. The number of carbonyl (C=O) groups excluding carboxylic acids is 1. The van der Waals surface area contributed by atoms with Gasteiger partial charge >= 0.3 is 0 Å².